The molecule has 0 fully saturated rings. The minimum absolute atomic E-state index is 0. The number of benzene rings is 1. The number of aryl methyl sites for hydroxylation is 1. The number of nitrogens with two attached hydrogens (primary N) is 1. The lowest BCUT2D eigenvalue weighted by Crippen LogP contribution is -2.25. The summed E-state index contributed by atoms with van der Waals surface area (Å²) in [4.78, 5) is 21.7. The van der Waals surface area contributed by atoms with E-state index in [0.717, 1.165) is 18.4 Å². The molecule has 1 amide bonds. The van der Waals surface area contributed by atoms with Gasteiger partial charge in [0.15, 0.2) is 0 Å². The maximum Gasteiger partial charge on any atom is 0.269 e. The zero-order valence-corrected chi connectivity index (χ0v) is 12.0. The maximum atomic E-state index is 11.5. The van der Waals surface area contributed by atoms with E-state index in [1.165, 1.54) is 12.1 Å². The Morgan fingerprint density at radius 2 is 2.10 bits per heavy atom. The number of amides is 1. The fourth-order valence-electron chi connectivity index (χ4n) is 1.67. The number of rotatable bonds is 8. The van der Waals surface area contributed by atoms with Gasteiger partial charge in [-0.15, -0.1) is 12.4 Å². The molecule has 3 N–H and O–H groups in total. The Kier molecular flexibility index (Phi) is 9.32. The monoisotopic (exact) mass is 301 g/mol. The van der Waals surface area contributed by atoms with Crippen LogP contribution in [0.25, 0.3) is 0 Å². The van der Waals surface area contributed by atoms with Gasteiger partial charge in [-0.2, -0.15) is 0 Å². The summed E-state index contributed by atoms with van der Waals surface area (Å²) in [6.07, 6.45) is 2.61. The molecule has 0 aliphatic carbocycles. The summed E-state index contributed by atoms with van der Waals surface area (Å²) in [6.45, 7) is 1.26. The summed E-state index contributed by atoms with van der Waals surface area (Å²) >= 11 is 0. The van der Waals surface area contributed by atoms with Crippen molar-refractivity contribution in [2.24, 2.45) is 5.73 Å². The molecule has 7 heteroatoms. The van der Waals surface area contributed by atoms with Crippen LogP contribution in [0.3, 0.4) is 0 Å². The first-order valence-electron chi connectivity index (χ1n) is 6.33. The third kappa shape index (κ3) is 7.06. The van der Waals surface area contributed by atoms with E-state index in [-0.39, 0.29) is 24.0 Å². The molecular weight excluding hydrogens is 282 g/mol. The lowest BCUT2D eigenvalue weighted by Gasteiger charge is -2.04. The molecule has 1 aromatic rings. The lowest BCUT2D eigenvalue weighted by molar-refractivity contribution is -0.384. The van der Waals surface area contributed by atoms with Gasteiger partial charge in [-0.1, -0.05) is 12.1 Å². The number of halogens is 1. The minimum Gasteiger partial charge on any atom is -0.356 e. The Morgan fingerprint density at radius 3 is 2.75 bits per heavy atom. The van der Waals surface area contributed by atoms with E-state index in [9.17, 15) is 14.9 Å². The van der Waals surface area contributed by atoms with Gasteiger partial charge in [0.05, 0.1) is 4.92 Å². The van der Waals surface area contributed by atoms with Gasteiger partial charge in [0.25, 0.3) is 5.69 Å². The summed E-state index contributed by atoms with van der Waals surface area (Å²) in [5, 5.41) is 13.4. The van der Waals surface area contributed by atoms with Gasteiger partial charge in [0, 0.05) is 25.1 Å². The van der Waals surface area contributed by atoms with Crippen molar-refractivity contribution in [2.45, 2.75) is 25.7 Å². The predicted molar refractivity (Wildman–Crippen MR) is 80.0 cm³/mol. The summed E-state index contributed by atoms with van der Waals surface area (Å²) in [5.41, 5.74) is 6.20. The molecule has 112 valence electrons. The van der Waals surface area contributed by atoms with Gasteiger partial charge in [-0.25, -0.2) is 0 Å². The van der Waals surface area contributed by atoms with E-state index in [0.29, 0.717) is 25.9 Å². The minimum atomic E-state index is -0.434. The number of nitrogens with one attached hydrogen (secondary N) is 1. The highest BCUT2D eigenvalue weighted by Gasteiger charge is 2.07. The molecule has 1 rings (SSSR count). The zero-order chi connectivity index (χ0) is 14.1. The molecule has 0 saturated heterocycles. The van der Waals surface area contributed by atoms with Crippen LogP contribution >= 0.6 is 12.4 Å². The maximum absolute atomic E-state index is 11.5. The number of carbonyl (C=O) groups excluding carboxylic acids is 1. The van der Waals surface area contributed by atoms with E-state index in [1.54, 1.807) is 12.1 Å². The molecule has 0 saturated carbocycles. The van der Waals surface area contributed by atoms with Gasteiger partial charge >= 0.3 is 0 Å². The van der Waals surface area contributed by atoms with E-state index >= 15 is 0 Å². The highest BCUT2D eigenvalue weighted by atomic mass is 35.5. The highest BCUT2D eigenvalue weighted by Crippen LogP contribution is 2.14. The van der Waals surface area contributed by atoms with Crippen LogP contribution in [-0.4, -0.2) is 23.9 Å². The van der Waals surface area contributed by atoms with Crippen LogP contribution in [0.4, 0.5) is 5.69 Å². The lowest BCUT2D eigenvalue weighted by atomic mass is 10.1. The number of unbranched alkanes of at least 4 members (excludes halogenated alkanes) is 1. The number of carbonyl (C=O) groups is 1. The van der Waals surface area contributed by atoms with Crippen LogP contribution in [0.1, 0.15) is 24.8 Å². The Morgan fingerprint density at radius 1 is 1.35 bits per heavy atom. The SMILES string of the molecule is Cl.NCCCCNC(=O)CCc1cccc([N+](=O)[O-])c1. The number of hydrogen-bond donors (Lipinski definition) is 2. The molecular formula is C13H20ClN3O3. The molecule has 20 heavy (non-hydrogen) atoms. The van der Waals surface area contributed by atoms with Crippen molar-refractivity contribution >= 4 is 24.0 Å². The topological polar surface area (TPSA) is 98.3 Å². The molecule has 0 spiro atoms. The van der Waals surface area contributed by atoms with Crippen molar-refractivity contribution in [3.05, 3.63) is 39.9 Å². The molecule has 1 aromatic carbocycles. The molecule has 0 bridgehead atoms. The fourth-order valence-corrected chi connectivity index (χ4v) is 1.67. The van der Waals surface area contributed by atoms with E-state index < -0.39 is 4.92 Å². The Balaban J connectivity index is 0.00000361. The third-order valence-electron chi connectivity index (χ3n) is 2.72. The largest absolute Gasteiger partial charge is 0.356 e. The quantitative estimate of drug-likeness (QED) is 0.434. The number of non-ortho nitro benzene ring substituents is 1. The molecule has 0 aliphatic heterocycles. The number of nitro groups is 1. The second kappa shape index (κ2) is 10.2. The highest BCUT2D eigenvalue weighted by molar-refractivity contribution is 5.85. The molecule has 0 radical (unpaired) electrons. The molecule has 6 nitrogen and oxygen atoms in total. The normalized spacial score (nSPS) is 9.65. The smallest absolute Gasteiger partial charge is 0.269 e. The van der Waals surface area contributed by atoms with Crippen molar-refractivity contribution in [1.82, 2.24) is 5.32 Å². The van der Waals surface area contributed by atoms with Crippen LogP contribution < -0.4 is 11.1 Å². The third-order valence-corrected chi connectivity index (χ3v) is 2.72. The van der Waals surface area contributed by atoms with Crippen LogP contribution in [0.15, 0.2) is 24.3 Å². The van der Waals surface area contributed by atoms with Gasteiger partial charge in [-0.05, 0) is 31.4 Å². The van der Waals surface area contributed by atoms with Crippen LogP contribution in [0, 0.1) is 10.1 Å². The van der Waals surface area contributed by atoms with Gasteiger partial charge in [-0.3, -0.25) is 14.9 Å². The average molecular weight is 302 g/mol. The zero-order valence-electron chi connectivity index (χ0n) is 11.2. The van der Waals surface area contributed by atoms with Crippen LogP contribution in [0.5, 0.6) is 0 Å². The van der Waals surface area contributed by atoms with Gasteiger partial charge < -0.3 is 11.1 Å². The number of hydrogen-bond acceptors (Lipinski definition) is 4. The van der Waals surface area contributed by atoms with E-state index in [1.807, 2.05) is 0 Å². The second-order valence-electron chi connectivity index (χ2n) is 4.27. The first-order valence-corrected chi connectivity index (χ1v) is 6.33. The Hall–Kier alpha value is -1.66. The van der Waals surface area contributed by atoms with Crippen molar-refractivity contribution in [1.29, 1.82) is 0 Å². The van der Waals surface area contributed by atoms with Gasteiger partial charge in [0.2, 0.25) is 5.91 Å². The molecule has 0 heterocycles. The van der Waals surface area contributed by atoms with Crippen molar-refractivity contribution in [3.63, 3.8) is 0 Å². The Bertz CT molecular complexity index is 441. The van der Waals surface area contributed by atoms with Crippen molar-refractivity contribution in [3.8, 4) is 0 Å². The summed E-state index contributed by atoms with van der Waals surface area (Å²) in [7, 11) is 0. The van der Waals surface area contributed by atoms with Gasteiger partial charge in [0.1, 0.15) is 0 Å². The molecule has 0 atom stereocenters. The number of nitrogens with zero attached hydrogens (tertiary/aromatic N) is 1. The second-order valence-corrected chi connectivity index (χ2v) is 4.27. The van der Waals surface area contributed by atoms with E-state index in [2.05, 4.69) is 5.32 Å². The van der Waals surface area contributed by atoms with Crippen molar-refractivity contribution < 1.29 is 9.72 Å². The molecule has 0 unspecified atom stereocenters. The van der Waals surface area contributed by atoms with Crippen molar-refractivity contribution in [2.75, 3.05) is 13.1 Å². The summed E-state index contributed by atoms with van der Waals surface area (Å²) in [6, 6.07) is 6.36. The summed E-state index contributed by atoms with van der Waals surface area (Å²) < 4.78 is 0. The molecule has 0 aliphatic rings. The first kappa shape index (κ1) is 18.3. The van der Waals surface area contributed by atoms with Crippen LogP contribution in [-0.2, 0) is 11.2 Å². The average Bonchev–Trinajstić information content (AvgIpc) is 2.41. The van der Waals surface area contributed by atoms with E-state index in [4.69, 9.17) is 5.73 Å². The Labute approximate surface area is 124 Å². The first-order chi connectivity index (χ1) is 9.13. The van der Waals surface area contributed by atoms with Crippen LogP contribution in [0.2, 0.25) is 0 Å². The number of nitro benzene ring substituents is 1. The predicted octanol–water partition coefficient (Wildman–Crippen LogP) is 1.80. The fraction of sp³-hybridized carbons (Fsp3) is 0.462. The summed E-state index contributed by atoms with van der Waals surface area (Å²) in [5.74, 6) is -0.0384. The molecule has 0 aromatic heterocycles. The standard InChI is InChI=1S/C13H19N3O3.ClH/c14-8-1-2-9-15-13(17)7-6-11-4-3-5-12(10-11)16(18)19;/h3-5,10H,1-2,6-9,14H2,(H,15,17);1H.